The third-order valence-corrected chi connectivity index (χ3v) is 6.45. The third-order valence-electron chi connectivity index (χ3n) is 5.76. The van der Waals surface area contributed by atoms with Crippen molar-refractivity contribution in [3.8, 4) is 16.9 Å². The molecule has 0 spiro atoms. The van der Waals surface area contributed by atoms with Gasteiger partial charge in [-0.15, -0.1) is 11.3 Å². The summed E-state index contributed by atoms with van der Waals surface area (Å²) in [6.07, 6.45) is 1.69. The van der Waals surface area contributed by atoms with E-state index in [9.17, 15) is 4.79 Å². The van der Waals surface area contributed by atoms with Crippen LogP contribution in [0.1, 0.15) is 44.7 Å². The SMILES string of the molecule is CC.COc1ccc(-c2ccc(C(c3ccccc3)C(C)(C)C(=O)Nc3nccs3)cc2)cc1. The summed E-state index contributed by atoms with van der Waals surface area (Å²) in [5.41, 5.74) is 3.73. The number of nitrogens with zero attached hydrogens (tertiary/aromatic N) is 1. The minimum atomic E-state index is -0.700. The van der Waals surface area contributed by atoms with Gasteiger partial charge in [-0.2, -0.15) is 0 Å². The molecule has 0 saturated heterocycles. The van der Waals surface area contributed by atoms with Gasteiger partial charge in [-0.1, -0.05) is 94.4 Å². The van der Waals surface area contributed by atoms with Crippen LogP contribution in [-0.4, -0.2) is 18.0 Å². The molecule has 0 bridgehead atoms. The molecule has 1 heterocycles. The van der Waals surface area contributed by atoms with Crippen LogP contribution in [-0.2, 0) is 4.79 Å². The van der Waals surface area contributed by atoms with Crippen LogP contribution in [0.4, 0.5) is 5.13 Å². The monoisotopic (exact) mass is 472 g/mol. The summed E-state index contributed by atoms with van der Waals surface area (Å²) in [6, 6.07) is 26.7. The molecule has 5 heteroatoms. The molecule has 4 aromatic rings. The number of aromatic nitrogens is 1. The molecule has 1 unspecified atom stereocenters. The van der Waals surface area contributed by atoms with Crippen molar-refractivity contribution in [3.63, 3.8) is 0 Å². The molecule has 1 amide bonds. The van der Waals surface area contributed by atoms with Gasteiger partial charge in [-0.3, -0.25) is 4.79 Å². The highest BCUT2D eigenvalue weighted by Crippen LogP contribution is 2.42. The number of hydrogen-bond acceptors (Lipinski definition) is 4. The Morgan fingerprint density at radius 3 is 1.97 bits per heavy atom. The number of hydrogen-bond donors (Lipinski definition) is 1. The number of benzene rings is 3. The molecule has 176 valence electrons. The Labute approximate surface area is 206 Å². The Kier molecular flexibility index (Phi) is 8.61. The Morgan fingerprint density at radius 1 is 0.882 bits per heavy atom. The number of nitrogens with one attached hydrogen (secondary N) is 1. The van der Waals surface area contributed by atoms with E-state index in [4.69, 9.17) is 4.74 Å². The molecule has 1 atom stereocenters. The second-order valence-corrected chi connectivity index (χ2v) is 9.10. The van der Waals surface area contributed by atoms with Gasteiger partial charge in [0.05, 0.1) is 12.5 Å². The fourth-order valence-electron chi connectivity index (χ4n) is 4.00. The summed E-state index contributed by atoms with van der Waals surface area (Å²) in [7, 11) is 1.67. The van der Waals surface area contributed by atoms with Gasteiger partial charge in [0.15, 0.2) is 5.13 Å². The number of carbonyl (C=O) groups is 1. The fraction of sp³-hybridized carbons (Fsp3) is 0.241. The molecule has 0 aliphatic carbocycles. The van der Waals surface area contributed by atoms with E-state index < -0.39 is 5.41 Å². The van der Waals surface area contributed by atoms with Crippen molar-refractivity contribution >= 4 is 22.4 Å². The molecular formula is C29H32N2O2S. The van der Waals surface area contributed by atoms with E-state index in [-0.39, 0.29) is 11.8 Å². The lowest BCUT2D eigenvalue weighted by molar-refractivity contribution is -0.124. The first-order chi connectivity index (χ1) is 16.5. The second kappa shape index (κ2) is 11.6. The number of rotatable bonds is 7. The maximum Gasteiger partial charge on any atom is 0.232 e. The first-order valence-corrected chi connectivity index (χ1v) is 12.4. The molecular weight excluding hydrogens is 440 g/mol. The second-order valence-electron chi connectivity index (χ2n) is 8.21. The molecule has 4 nitrogen and oxygen atoms in total. The summed E-state index contributed by atoms with van der Waals surface area (Å²) >= 11 is 1.42. The van der Waals surface area contributed by atoms with Crippen molar-refractivity contribution in [2.45, 2.75) is 33.6 Å². The van der Waals surface area contributed by atoms with Crippen molar-refractivity contribution in [2.24, 2.45) is 5.41 Å². The summed E-state index contributed by atoms with van der Waals surface area (Å²) in [5.74, 6) is 0.664. The van der Waals surface area contributed by atoms with E-state index in [0.717, 1.165) is 28.0 Å². The molecule has 0 fully saturated rings. The Morgan fingerprint density at radius 2 is 1.44 bits per heavy atom. The maximum atomic E-state index is 13.3. The van der Waals surface area contributed by atoms with Crippen LogP contribution in [0, 0.1) is 5.41 Å². The maximum absolute atomic E-state index is 13.3. The number of methoxy groups -OCH3 is 1. The van der Waals surface area contributed by atoms with Crippen LogP contribution >= 0.6 is 11.3 Å². The summed E-state index contributed by atoms with van der Waals surface area (Å²) < 4.78 is 5.26. The first kappa shape index (κ1) is 25.2. The van der Waals surface area contributed by atoms with Gasteiger partial charge in [0, 0.05) is 17.5 Å². The van der Waals surface area contributed by atoms with E-state index in [1.807, 2.05) is 75.5 Å². The van der Waals surface area contributed by atoms with Crippen molar-refractivity contribution in [3.05, 3.63) is 102 Å². The zero-order valence-corrected chi connectivity index (χ0v) is 21.2. The molecule has 34 heavy (non-hydrogen) atoms. The van der Waals surface area contributed by atoms with Gasteiger partial charge < -0.3 is 10.1 Å². The molecule has 0 aliphatic rings. The zero-order chi connectivity index (χ0) is 24.6. The number of ether oxygens (including phenoxy) is 1. The van der Waals surface area contributed by atoms with Crippen LogP contribution < -0.4 is 10.1 Å². The van der Waals surface area contributed by atoms with Crippen LogP contribution in [0.2, 0.25) is 0 Å². The van der Waals surface area contributed by atoms with Crippen molar-refractivity contribution in [2.75, 3.05) is 12.4 Å². The Hall–Kier alpha value is -3.44. The van der Waals surface area contributed by atoms with Crippen molar-refractivity contribution < 1.29 is 9.53 Å². The predicted octanol–water partition coefficient (Wildman–Crippen LogP) is 7.64. The predicted molar refractivity (Wildman–Crippen MR) is 143 cm³/mol. The van der Waals surface area contributed by atoms with Gasteiger partial charge >= 0.3 is 0 Å². The van der Waals surface area contributed by atoms with Gasteiger partial charge in [0.1, 0.15) is 5.75 Å². The normalized spacial score (nSPS) is 11.7. The Balaban J connectivity index is 0.00000158. The van der Waals surface area contributed by atoms with Crippen LogP contribution in [0.3, 0.4) is 0 Å². The summed E-state index contributed by atoms with van der Waals surface area (Å²) in [5, 5.41) is 5.46. The largest absolute Gasteiger partial charge is 0.497 e. The lowest BCUT2D eigenvalue weighted by atomic mass is 9.70. The Bertz CT molecular complexity index is 1150. The summed E-state index contributed by atoms with van der Waals surface area (Å²) in [4.78, 5) is 17.5. The topological polar surface area (TPSA) is 51.2 Å². The van der Waals surface area contributed by atoms with Crippen molar-refractivity contribution in [1.29, 1.82) is 0 Å². The zero-order valence-electron chi connectivity index (χ0n) is 20.4. The minimum absolute atomic E-state index is 0.0551. The highest BCUT2D eigenvalue weighted by molar-refractivity contribution is 7.13. The quantitative estimate of drug-likeness (QED) is 0.301. The van der Waals surface area contributed by atoms with Crippen molar-refractivity contribution in [1.82, 2.24) is 4.98 Å². The number of thiazole rings is 1. The standard InChI is InChI=1S/C27H26N2O2S.C2H6/c1-27(2,25(30)29-26-28-17-18-32-26)24(21-7-5-4-6-8-21)22-11-9-19(10-12-22)20-13-15-23(31-3)16-14-20;1-2/h4-18,24H,1-3H3,(H,28,29,30);1-2H3. The number of anilines is 1. The van der Waals surface area contributed by atoms with E-state index >= 15 is 0 Å². The van der Waals surface area contributed by atoms with E-state index in [2.05, 4.69) is 46.7 Å². The first-order valence-electron chi connectivity index (χ1n) is 11.5. The molecule has 0 aliphatic heterocycles. The van der Waals surface area contributed by atoms with Gasteiger partial charge in [0.2, 0.25) is 5.91 Å². The van der Waals surface area contributed by atoms with Gasteiger partial charge in [-0.25, -0.2) is 4.98 Å². The van der Waals surface area contributed by atoms with Gasteiger partial charge in [-0.05, 0) is 34.4 Å². The van der Waals surface area contributed by atoms with Gasteiger partial charge in [0.25, 0.3) is 0 Å². The van der Waals surface area contributed by atoms with Crippen LogP contribution in [0.15, 0.2) is 90.4 Å². The van der Waals surface area contributed by atoms with Crippen LogP contribution in [0.5, 0.6) is 5.75 Å². The highest BCUT2D eigenvalue weighted by atomic mass is 32.1. The highest BCUT2D eigenvalue weighted by Gasteiger charge is 2.39. The lowest BCUT2D eigenvalue weighted by Gasteiger charge is -2.34. The van der Waals surface area contributed by atoms with E-state index in [0.29, 0.717) is 5.13 Å². The number of carbonyl (C=O) groups excluding carboxylic acids is 1. The molecule has 1 N–H and O–H groups in total. The molecule has 1 aromatic heterocycles. The molecule has 0 radical (unpaired) electrons. The molecule has 4 rings (SSSR count). The van der Waals surface area contributed by atoms with Crippen LogP contribution in [0.25, 0.3) is 11.1 Å². The smallest absolute Gasteiger partial charge is 0.232 e. The van der Waals surface area contributed by atoms with E-state index in [1.165, 1.54) is 11.3 Å². The summed E-state index contributed by atoms with van der Waals surface area (Å²) in [6.45, 7) is 7.98. The lowest BCUT2D eigenvalue weighted by Crippen LogP contribution is -2.37. The van der Waals surface area contributed by atoms with E-state index in [1.54, 1.807) is 13.3 Å². The molecule has 0 saturated carbocycles. The fourth-order valence-corrected chi connectivity index (χ4v) is 4.52. The number of amides is 1. The molecule has 3 aromatic carbocycles. The third kappa shape index (κ3) is 5.72. The average Bonchev–Trinajstić information content (AvgIpc) is 3.39. The average molecular weight is 473 g/mol. The minimum Gasteiger partial charge on any atom is -0.497 e.